The highest BCUT2D eigenvalue weighted by molar-refractivity contribution is 5.95. The second kappa shape index (κ2) is 7.09. The molecule has 4 nitrogen and oxygen atoms in total. The molecule has 1 heterocycles. The molecule has 114 valence electrons. The van der Waals surface area contributed by atoms with Crippen molar-refractivity contribution >= 4 is 5.91 Å². The minimum Gasteiger partial charge on any atom is -0.489 e. The van der Waals surface area contributed by atoms with Crippen LogP contribution in [-0.2, 0) is 6.61 Å². The maximum absolute atomic E-state index is 12.7. The Morgan fingerprint density at radius 3 is 2.45 bits per heavy atom. The first-order valence-corrected chi connectivity index (χ1v) is 7.60. The minimum atomic E-state index is 0.0914. The first kappa shape index (κ1) is 14.6. The van der Waals surface area contributed by atoms with Crippen LogP contribution in [0.25, 0.3) is 0 Å². The van der Waals surface area contributed by atoms with E-state index in [0.717, 1.165) is 43.1 Å². The normalized spacial score (nSPS) is 14.6. The van der Waals surface area contributed by atoms with E-state index >= 15 is 0 Å². The number of ether oxygens (including phenoxy) is 1. The highest BCUT2D eigenvalue weighted by Gasteiger charge is 2.20. The van der Waals surface area contributed by atoms with Crippen LogP contribution < -0.4 is 10.1 Å². The minimum absolute atomic E-state index is 0.0914. The SMILES string of the molecule is O=C(c1ccccc1COc1ccccc1)N1CCNCC1. The number of carbonyl (C=O) groups is 1. The van der Waals surface area contributed by atoms with Gasteiger partial charge in [0, 0.05) is 37.3 Å². The molecule has 1 saturated heterocycles. The summed E-state index contributed by atoms with van der Waals surface area (Å²) in [6.45, 7) is 3.63. The number of carbonyl (C=O) groups excluding carboxylic acids is 1. The van der Waals surface area contributed by atoms with Crippen molar-refractivity contribution in [1.82, 2.24) is 10.2 Å². The molecule has 1 aliphatic rings. The van der Waals surface area contributed by atoms with Gasteiger partial charge < -0.3 is 15.0 Å². The maximum Gasteiger partial charge on any atom is 0.254 e. The first-order valence-electron chi connectivity index (χ1n) is 7.60. The first-order chi connectivity index (χ1) is 10.8. The van der Waals surface area contributed by atoms with Crippen LogP contribution in [0.5, 0.6) is 5.75 Å². The topological polar surface area (TPSA) is 41.6 Å². The van der Waals surface area contributed by atoms with Gasteiger partial charge in [0.2, 0.25) is 0 Å². The van der Waals surface area contributed by atoms with Crippen LogP contribution in [0.1, 0.15) is 15.9 Å². The molecule has 0 radical (unpaired) electrons. The number of rotatable bonds is 4. The summed E-state index contributed by atoms with van der Waals surface area (Å²) in [5, 5.41) is 3.26. The van der Waals surface area contributed by atoms with E-state index in [0.29, 0.717) is 6.61 Å². The molecule has 2 aromatic carbocycles. The zero-order valence-corrected chi connectivity index (χ0v) is 12.5. The quantitative estimate of drug-likeness (QED) is 0.941. The molecular formula is C18H20N2O2. The van der Waals surface area contributed by atoms with Crippen molar-refractivity contribution in [1.29, 1.82) is 0 Å². The summed E-state index contributed by atoms with van der Waals surface area (Å²) in [5.41, 5.74) is 1.66. The Balaban J connectivity index is 1.73. The Morgan fingerprint density at radius 1 is 1.00 bits per heavy atom. The maximum atomic E-state index is 12.7. The number of amides is 1. The van der Waals surface area contributed by atoms with Crippen LogP contribution >= 0.6 is 0 Å². The molecule has 0 unspecified atom stereocenters. The predicted molar refractivity (Wildman–Crippen MR) is 86.0 cm³/mol. The monoisotopic (exact) mass is 296 g/mol. The summed E-state index contributed by atoms with van der Waals surface area (Å²) in [6.07, 6.45) is 0. The van der Waals surface area contributed by atoms with Gasteiger partial charge in [-0.25, -0.2) is 0 Å². The lowest BCUT2D eigenvalue weighted by atomic mass is 10.1. The molecule has 1 aliphatic heterocycles. The molecule has 0 saturated carbocycles. The Kier molecular flexibility index (Phi) is 4.71. The molecule has 1 fully saturated rings. The standard InChI is InChI=1S/C18H20N2O2/c21-18(20-12-10-19-11-13-20)17-9-5-4-6-15(17)14-22-16-7-2-1-3-8-16/h1-9,19H,10-14H2. The van der Waals surface area contributed by atoms with E-state index in [9.17, 15) is 4.79 Å². The van der Waals surface area contributed by atoms with Crippen LogP contribution in [0.2, 0.25) is 0 Å². The van der Waals surface area contributed by atoms with E-state index in [4.69, 9.17) is 4.74 Å². The van der Waals surface area contributed by atoms with Crippen molar-refractivity contribution in [3.05, 3.63) is 65.7 Å². The molecule has 0 aliphatic carbocycles. The number of hydrogen-bond donors (Lipinski definition) is 1. The van der Waals surface area contributed by atoms with Gasteiger partial charge in [-0.05, 0) is 18.2 Å². The van der Waals surface area contributed by atoms with Gasteiger partial charge in [0.25, 0.3) is 5.91 Å². The molecule has 3 rings (SSSR count). The third-order valence-electron chi connectivity index (χ3n) is 3.79. The van der Waals surface area contributed by atoms with Gasteiger partial charge in [-0.3, -0.25) is 4.79 Å². The summed E-state index contributed by atoms with van der Waals surface area (Å²) < 4.78 is 5.79. The Morgan fingerprint density at radius 2 is 1.68 bits per heavy atom. The number of hydrogen-bond acceptors (Lipinski definition) is 3. The molecule has 0 aromatic heterocycles. The lowest BCUT2D eigenvalue weighted by Crippen LogP contribution is -2.46. The van der Waals surface area contributed by atoms with E-state index in [1.165, 1.54) is 0 Å². The highest BCUT2D eigenvalue weighted by Crippen LogP contribution is 2.16. The smallest absolute Gasteiger partial charge is 0.254 e. The van der Waals surface area contributed by atoms with Crippen molar-refractivity contribution in [2.24, 2.45) is 0 Å². The van der Waals surface area contributed by atoms with Crippen LogP contribution in [0, 0.1) is 0 Å². The van der Waals surface area contributed by atoms with E-state index in [2.05, 4.69) is 5.32 Å². The van der Waals surface area contributed by atoms with Gasteiger partial charge in [0.05, 0.1) is 0 Å². The number of nitrogens with one attached hydrogen (secondary N) is 1. The van der Waals surface area contributed by atoms with Crippen molar-refractivity contribution in [3.8, 4) is 5.75 Å². The molecule has 0 bridgehead atoms. The van der Waals surface area contributed by atoms with Gasteiger partial charge in [0.15, 0.2) is 0 Å². The van der Waals surface area contributed by atoms with Gasteiger partial charge in [-0.2, -0.15) is 0 Å². The van der Waals surface area contributed by atoms with Crippen molar-refractivity contribution < 1.29 is 9.53 Å². The fraction of sp³-hybridized carbons (Fsp3) is 0.278. The Bertz CT molecular complexity index is 622. The summed E-state index contributed by atoms with van der Waals surface area (Å²) >= 11 is 0. The van der Waals surface area contributed by atoms with Crippen LogP contribution in [-0.4, -0.2) is 37.0 Å². The van der Waals surface area contributed by atoms with Crippen molar-refractivity contribution in [2.45, 2.75) is 6.61 Å². The number of para-hydroxylation sites is 1. The Hall–Kier alpha value is -2.33. The summed E-state index contributed by atoms with van der Waals surface area (Å²) in [5.74, 6) is 0.903. The molecule has 22 heavy (non-hydrogen) atoms. The summed E-state index contributed by atoms with van der Waals surface area (Å²) in [4.78, 5) is 14.6. The van der Waals surface area contributed by atoms with Gasteiger partial charge in [-0.15, -0.1) is 0 Å². The van der Waals surface area contributed by atoms with E-state index < -0.39 is 0 Å². The lowest BCUT2D eigenvalue weighted by molar-refractivity contribution is 0.0733. The van der Waals surface area contributed by atoms with E-state index in [1.54, 1.807) is 0 Å². The fourth-order valence-electron chi connectivity index (χ4n) is 2.57. The second-order valence-electron chi connectivity index (χ2n) is 5.30. The number of piperazine rings is 1. The summed E-state index contributed by atoms with van der Waals surface area (Å²) in [7, 11) is 0. The molecule has 4 heteroatoms. The van der Waals surface area contributed by atoms with Crippen molar-refractivity contribution in [2.75, 3.05) is 26.2 Å². The average molecular weight is 296 g/mol. The summed E-state index contributed by atoms with van der Waals surface area (Å²) in [6, 6.07) is 17.3. The molecule has 0 atom stereocenters. The molecule has 2 aromatic rings. The number of nitrogens with zero attached hydrogens (tertiary/aromatic N) is 1. The van der Waals surface area contributed by atoms with Crippen LogP contribution in [0.3, 0.4) is 0 Å². The van der Waals surface area contributed by atoms with Gasteiger partial charge >= 0.3 is 0 Å². The lowest BCUT2D eigenvalue weighted by Gasteiger charge is -2.28. The number of benzene rings is 2. The fourth-order valence-corrected chi connectivity index (χ4v) is 2.57. The van der Waals surface area contributed by atoms with Crippen LogP contribution in [0.15, 0.2) is 54.6 Å². The molecule has 1 amide bonds. The third-order valence-corrected chi connectivity index (χ3v) is 3.79. The largest absolute Gasteiger partial charge is 0.489 e. The van der Waals surface area contributed by atoms with Gasteiger partial charge in [0.1, 0.15) is 12.4 Å². The Labute approximate surface area is 130 Å². The second-order valence-corrected chi connectivity index (χ2v) is 5.30. The van der Waals surface area contributed by atoms with Crippen molar-refractivity contribution in [3.63, 3.8) is 0 Å². The van der Waals surface area contributed by atoms with E-state index in [1.807, 2.05) is 59.5 Å². The molecule has 0 spiro atoms. The van der Waals surface area contributed by atoms with Gasteiger partial charge in [-0.1, -0.05) is 36.4 Å². The average Bonchev–Trinajstić information content (AvgIpc) is 2.61. The predicted octanol–water partition coefficient (Wildman–Crippen LogP) is 2.31. The van der Waals surface area contributed by atoms with E-state index in [-0.39, 0.29) is 5.91 Å². The van der Waals surface area contributed by atoms with Crippen LogP contribution in [0.4, 0.5) is 0 Å². The third kappa shape index (κ3) is 3.46. The molecule has 1 N–H and O–H groups in total. The molecular weight excluding hydrogens is 276 g/mol. The zero-order valence-electron chi connectivity index (χ0n) is 12.5. The highest BCUT2D eigenvalue weighted by atomic mass is 16.5. The zero-order chi connectivity index (χ0) is 15.2.